The number of carbonyl (C=O) groups excluding carboxylic acids is 1. The number of rotatable bonds is 7. The molecule has 0 fully saturated rings. The largest absolute Gasteiger partial charge is 0.496 e. The highest BCUT2D eigenvalue weighted by atomic mass is 16.5. The van der Waals surface area contributed by atoms with Crippen LogP contribution in [0.1, 0.15) is 25.8 Å². The van der Waals surface area contributed by atoms with Crippen LogP contribution in [0.25, 0.3) is 0 Å². The van der Waals surface area contributed by atoms with E-state index in [0.717, 1.165) is 42.8 Å². The minimum Gasteiger partial charge on any atom is -0.496 e. The summed E-state index contributed by atoms with van der Waals surface area (Å²) in [6.07, 6.45) is 2.43. The quantitative estimate of drug-likeness (QED) is 0.680. The van der Waals surface area contributed by atoms with Crippen molar-refractivity contribution in [3.63, 3.8) is 0 Å². The van der Waals surface area contributed by atoms with Crippen LogP contribution in [-0.2, 0) is 11.2 Å². The zero-order chi connectivity index (χ0) is 12.7. The van der Waals surface area contributed by atoms with Gasteiger partial charge in [-0.15, -0.1) is 0 Å². The maximum Gasteiger partial charge on any atom is 0.124 e. The highest BCUT2D eigenvalue weighted by Gasteiger charge is 2.08. The fourth-order valence-electron chi connectivity index (χ4n) is 1.95. The van der Waals surface area contributed by atoms with Crippen molar-refractivity contribution in [3.8, 4) is 5.75 Å². The molecule has 17 heavy (non-hydrogen) atoms. The number of aldehydes is 1. The van der Waals surface area contributed by atoms with Crippen molar-refractivity contribution in [2.45, 2.75) is 26.7 Å². The summed E-state index contributed by atoms with van der Waals surface area (Å²) in [5, 5.41) is 0. The summed E-state index contributed by atoms with van der Waals surface area (Å²) in [5.74, 6) is 0.786. The third-order valence-corrected chi connectivity index (χ3v) is 2.81. The molecule has 0 aliphatic heterocycles. The molecule has 0 spiro atoms. The molecular weight excluding hydrogens is 214 g/mol. The Balaban J connectivity index is 3.00. The lowest BCUT2D eigenvalue weighted by Crippen LogP contribution is -2.23. The molecule has 0 amide bonds. The number of benzene rings is 1. The van der Waals surface area contributed by atoms with Gasteiger partial charge in [-0.2, -0.15) is 0 Å². The summed E-state index contributed by atoms with van der Waals surface area (Å²) in [6, 6.07) is 6.03. The second kappa shape index (κ2) is 6.94. The Morgan fingerprint density at radius 1 is 1.35 bits per heavy atom. The maximum atomic E-state index is 10.6. The Morgan fingerprint density at radius 2 is 2.12 bits per heavy atom. The zero-order valence-electron chi connectivity index (χ0n) is 10.9. The SMILES string of the molecule is CCCN(CC)c1ccc(OC)c(CC=O)c1. The van der Waals surface area contributed by atoms with E-state index >= 15 is 0 Å². The highest BCUT2D eigenvalue weighted by molar-refractivity contribution is 5.61. The average molecular weight is 235 g/mol. The molecule has 0 aromatic heterocycles. The molecule has 1 rings (SSSR count). The number of carbonyl (C=O) groups is 1. The molecule has 0 bridgehead atoms. The van der Waals surface area contributed by atoms with Crippen LogP contribution in [0.4, 0.5) is 5.69 Å². The van der Waals surface area contributed by atoms with Crippen LogP contribution < -0.4 is 9.64 Å². The van der Waals surface area contributed by atoms with Crippen LogP contribution in [0, 0.1) is 0 Å². The van der Waals surface area contributed by atoms with E-state index in [4.69, 9.17) is 4.74 Å². The van der Waals surface area contributed by atoms with E-state index < -0.39 is 0 Å². The molecule has 0 aliphatic rings. The monoisotopic (exact) mass is 235 g/mol. The van der Waals surface area contributed by atoms with E-state index in [0.29, 0.717) is 6.42 Å². The lowest BCUT2D eigenvalue weighted by molar-refractivity contribution is -0.107. The number of nitrogens with zero attached hydrogens (tertiary/aromatic N) is 1. The third-order valence-electron chi connectivity index (χ3n) is 2.81. The van der Waals surface area contributed by atoms with Crippen molar-refractivity contribution < 1.29 is 9.53 Å². The van der Waals surface area contributed by atoms with Gasteiger partial charge in [0.15, 0.2) is 0 Å². The summed E-state index contributed by atoms with van der Waals surface area (Å²) in [6.45, 7) is 6.31. The summed E-state index contributed by atoms with van der Waals surface area (Å²) in [5.41, 5.74) is 2.11. The van der Waals surface area contributed by atoms with E-state index in [1.165, 1.54) is 0 Å². The fourth-order valence-corrected chi connectivity index (χ4v) is 1.95. The summed E-state index contributed by atoms with van der Waals surface area (Å²) < 4.78 is 5.25. The van der Waals surface area contributed by atoms with Gasteiger partial charge in [-0.1, -0.05) is 6.92 Å². The van der Waals surface area contributed by atoms with Crippen LogP contribution in [0.5, 0.6) is 5.75 Å². The molecule has 0 N–H and O–H groups in total. The van der Waals surface area contributed by atoms with Crippen LogP contribution in [0.15, 0.2) is 18.2 Å². The summed E-state index contributed by atoms with van der Waals surface area (Å²) >= 11 is 0. The molecular formula is C14H21NO2. The minimum atomic E-state index is 0.403. The second-order valence-electron chi connectivity index (χ2n) is 3.95. The van der Waals surface area contributed by atoms with E-state index in [1.807, 2.05) is 18.2 Å². The first-order valence-corrected chi connectivity index (χ1v) is 6.12. The van der Waals surface area contributed by atoms with Gasteiger partial charge in [0.1, 0.15) is 12.0 Å². The lowest BCUT2D eigenvalue weighted by atomic mass is 10.1. The number of methoxy groups -OCH3 is 1. The topological polar surface area (TPSA) is 29.5 Å². The normalized spacial score (nSPS) is 10.1. The van der Waals surface area contributed by atoms with Crippen molar-refractivity contribution in [2.24, 2.45) is 0 Å². The van der Waals surface area contributed by atoms with Gasteiger partial charge >= 0.3 is 0 Å². The first-order valence-electron chi connectivity index (χ1n) is 6.12. The summed E-state index contributed by atoms with van der Waals surface area (Å²) in [7, 11) is 1.63. The van der Waals surface area contributed by atoms with Gasteiger partial charge in [-0.3, -0.25) is 0 Å². The Morgan fingerprint density at radius 3 is 2.65 bits per heavy atom. The molecule has 0 unspecified atom stereocenters. The first kappa shape index (κ1) is 13.6. The predicted octanol–water partition coefficient (Wildman–Crippen LogP) is 2.67. The molecule has 3 nitrogen and oxygen atoms in total. The molecule has 1 aromatic rings. The third kappa shape index (κ3) is 3.48. The Kier molecular flexibility index (Phi) is 5.53. The van der Waals surface area contributed by atoms with Crippen LogP contribution in [0.2, 0.25) is 0 Å². The van der Waals surface area contributed by atoms with Gasteiger partial charge in [0, 0.05) is 30.8 Å². The van der Waals surface area contributed by atoms with Crippen LogP contribution in [-0.4, -0.2) is 26.5 Å². The van der Waals surface area contributed by atoms with Crippen molar-refractivity contribution in [2.75, 3.05) is 25.1 Å². The van der Waals surface area contributed by atoms with Crippen molar-refractivity contribution in [1.82, 2.24) is 0 Å². The molecule has 0 saturated heterocycles. The number of hydrogen-bond acceptors (Lipinski definition) is 3. The molecule has 94 valence electrons. The molecule has 0 saturated carbocycles. The Hall–Kier alpha value is -1.51. The molecule has 0 aliphatic carbocycles. The van der Waals surface area contributed by atoms with Crippen molar-refractivity contribution in [3.05, 3.63) is 23.8 Å². The van der Waals surface area contributed by atoms with Gasteiger partial charge in [-0.25, -0.2) is 0 Å². The number of hydrogen-bond donors (Lipinski definition) is 0. The molecule has 1 aromatic carbocycles. The smallest absolute Gasteiger partial charge is 0.124 e. The van der Waals surface area contributed by atoms with E-state index in [-0.39, 0.29) is 0 Å². The van der Waals surface area contributed by atoms with Crippen LogP contribution in [0.3, 0.4) is 0 Å². The molecule has 0 heterocycles. The zero-order valence-corrected chi connectivity index (χ0v) is 10.9. The van der Waals surface area contributed by atoms with Crippen LogP contribution >= 0.6 is 0 Å². The maximum absolute atomic E-state index is 10.6. The van der Waals surface area contributed by atoms with E-state index in [9.17, 15) is 4.79 Å². The Labute approximate surface area is 103 Å². The van der Waals surface area contributed by atoms with E-state index in [1.54, 1.807) is 7.11 Å². The van der Waals surface area contributed by atoms with Gasteiger partial charge < -0.3 is 14.4 Å². The molecule has 0 atom stereocenters. The lowest BCUT2D eigenvalue weighted by Gasteiger charge is -2.23. The number of ether oxygens (including phenoxy) is 1. The average Bonchev–Trinajstić information content (AvgIpc) is 2.36. The predicted molar refractivity (Wildman–Crippen MR) is 70.9 cm³/mol. The number of anilines is 1. The summed E-state index contributed by atoms with van der Waals surface area (Å²) in [4.78, 5) is 12.9. The first-order chi connectivity index (χ1) is 8.26. The van der Waals surface area contributed by atoms with Gasteiger partial charge in [-0.05, 0) is 31.5 Å². The highest BCUT2D eigenvalue weighted by Crippen LogP contribution is 2.25. The fraction of sp³-hybridized carbons (Fsp3) is 0.500. The Bertz CT molecular complexity index is 363. The van der Waals surface area contributed by atoms with Crippen molar-refractivity contribution in [1.29, 1.82) is 0 Å². The van der Waals surface area contributed by atoms with Gasteiger partial charge in [0.05, 0.1) is 7.11 Å². The van der Waals surface area contributed by atoms with Crippen molar-refractivity contribution >= 4 is 12.0 Å². The second-order valence-corrected chi connectivity index (χ2v) is 3.95. The minimum absolute atomic E-state index is 0.403. The van der Waals surface area contributed by atoms with Gasteiger partial charge in [0.25, 0.3) is 0 Å². The molecule has 3 heteroatoms. The molecule has 0 radical (unpaired) electrons. The van der Waals surface area contributed by atoms with E-state index in [2.05, 4.69) is 18.7 Å². The standard InChI is InChI=1S/C14H21NO2/c1-4-9-15(5-2)13-6-7-14(17-3)12(11-13)8-10-16/h6-7,10-11H,4-5,8-9H2,1-3H3. The van der Waals surface area contributed by atoms with Gasteiger partial charge in [0.2, 0.25) is 0 Å².